The second-order valence-electron chi connectivity index (χ2n) is 2.01. The molecule has 4 heteroatoms. The molecular weight excluding hydrogens is 214 g/mol. The quantitative estimate of drug-likeness (QED) is 0.679. The summed E-state index contributed by atoms with van der Waals surface area (Å²) in [5.41, 5.74) is 1.03. The van der Waals surface area contributed by atoms with E-state index < -0.39 is 0 Å². The number of rotatable bonds is 0. The lowest BCUT2D eigenvalue weighted by Crippen LogP contribution is -1.65. The molecule has 0 unspecified atom stereocenters. The molecule has 0 radical (unpaired) electrons. The molecule has 0 saturated heterocycles. The Morgan fingerprint density at radius 3 is 3.20 bits per heavy atom. The molecule has 2 aromatic heterocycles. The van der Waals surface area contributed by atoms with Gasteiger partial charge >= 0.3 is 0 Å². The van der Waals surface area contributed by atoms with Gasteiger partial charge < -0.3 is 4.42 Å². The highest BCUT2D eigenvalue weighted by Gasteiger charge is 2.08. The molecule has 0 saturated carbocycles. The van der Waals surface area contributed by atoms with Gasteiger partial charge in [0.05, 0.1) is 15.6 Å². The first-order valence-electron chi connectivity index (χ1n) is 2.78. The summed E-state index contributed by atoms with van der Waals surface area (Å²) in [5, 5.41) is 1.10. The molecule has 0 fully saturated rings. The smallest absolute Gasteiger partial charge is 0.207 e. The minimum Gasteiger partial charge on any atom is -0.451 e. The number of hydrogen-bond donors (Lipinski definition) is 0. The van der Waals surface area contributed by atoms with Gasteiger partial charge in [0, 0.05) is 11.5 Å². The van der Waals surface area contributed by atoms with Crippen molar-refractivity contribution in [1.29, 1.82) is 0 Å². The molecule has 0 aliphatic rings. The van der Waals surface area contributed by atoms with Crippen molar-refractivity contribution >= 4 is 37.7 Å². The summed E-state index contributed by atoms with van der Waals surface area (Å²) >= 11 is 4.76. The summed E-state index contributed by atoms with van der Waals surface area (Å²) in [6.45, 7) is 1.97. The second kappa shape index (κ2) is 2.07. The van der Waals surface area contributed by atoms with Gasteiger partial charge in [0.15, 0.2) is 0 Å². The van der Waals surface area contributed by atoms with Gasteiger partial charge in [0.25, 0.3) is 0 Å². The van der Waals surface area contributed by atoms with Crippen LogP contribution in [0.15, 0.2) is 15.2 Å². The first-order chi connectivity index (χ1) is 4.79. The number of aryl methyl sites for hydroxylation is 1. The average Bonchev–Trinajstić information content (AvgIpc) is 2.40. The zero-order chi connectivity index (χ0) is 7.14. The Labute approximate surface area is 70.1 Å². The predicted molar refractivity (Wildman–Crippen MR) is 44.3 cm³/mol. The molecule has 0 spiro atoms. The van der Waals surface area contributed by atoms with E-state index >= 15 is 0 Å². The molecule has 52 valence electrons. The number of halogens is 1. The third-order valence-corrected chi connectivity index (χ3v) is 2.75. The standard InChI is InChI=1S/C6H4BrNOS/c1-3-5-4(7)2-9-6(5)10-8-3/h2H,1H3. The molecule has 0 atom stereocenters. The Bertz CT molecular complexity index is 333. The largest absolute Gasteiger partial charge is 0.451 e. The van der Waals surface area contributed by atoms with Gasteiger partial charge in [-0.2, -0.15) is 4.37 Å². The Hall–Kier alpha value is -0.350. The highest BCUT2D eigenvalue weighted by Crippen LogP contribution is 2.30. The summed E-state index contributed by atoms with van der Waals surface area (Å²) in [6, 6.07) is 0. The lowest BCUT2D eigenvalue weighted by molar-refractivity contribution is 0.621. The minimum atomic E-state index is 0.893. The molecule has 2 heterocycles. The van der Waals surface area contributed by atoms with Gasteiger partial charge in [0.2, 0.25) is 4.90 Å². The van der Waals surface area contributed by atoms with Crippen LogP contribution in [0.4, 0.5) is 0 Å². The van der Waals surface area contributed by atoms with E-state index in [1.54, 1.807) is 6.26 Å². The highest BCUT2D eigenvalue weighted by atomic mass is 79.9. The summed E-state index contributed by atoms with van der Waals surface area (Å²) in [5.74, 6) is 0. The van der Waals surface area contributed by atoms with E-state index in [4.69, 9.17) is 4.42 Å². The van der Waals surface area contributed by atoms with Crippen molar-refractivity contribution in [2.24, 2.45) is 0 Å². The van der Waals surface area contributed by atoms with Gasteiger partial charge in [0.1, 0.15) is 6.26 Å². The predicted octanol–water partition coefficient (Wildman–Crippen LogP) is 2.96. The van der Waals surface area contributed by atoms with Crippen molar-refractivity contribution in [2.45, 2.75) is 6.92 Å². The van der Waals surface area contributed by atoms with E-state index in [9.17, 15) is 0 Å². The van der Waals surface area contributed by atoms with Crippen LogP contribution in [0.2, 0.25) is 0 Å². The second-order valence-corrected chi connectivity index (χ2v) is 3.60. The van der Waals surface area contributed by atoms with Crippen LogP contribution < -0.4 is 0 Å². The lowest BCUT2D eigenvalue weighted by Gasteiger charge is -1.78. The monoisotopic (exact) mass is 217 g/mol. The van der Waals surface area contributed by atoms with Crippen molar-refractivity contribution in [3.05, 3.63) is 16.4 Å². The van der Waals surface area contributed by atoms with E-state index in [-0.39, 0.29) is 0 Å². The fraction of sp³-hybridized carbons (Fsp3) is 0.167. The van der Waals surface area contributed by atoms with Gasteiger partial charge in [-0.05, 0) is 22.9 Å². The number of aromatic nitrogens is 1. The van der Waals surface area contributed by atoms with Gasteiger partial charge in [-0.3, -0.25) is 0 Å². The lowest BCUT2D eigenvalue weighted by atomic mass is 10.3. The fourth-order valence-corrected chi connectivity index (χ4v) is 2.31. The maximum Gasteiger partial charge on any atom is 0.207 e. The highest BCUT2D eigenvalue weighted by molar-refractivity contribution is 9.10. The molecule has 0 aromatic carbocycles. The van der Waals surface area contributed by atoms with Crippen molar-refractivity contribution in [3.8, 4) is 0 Å². The topological polar surface area (TPSA) is 26.0 Å². The van der Waals surface area contributed by atoms with Crippen LogP contribution in [0, 0.1) is 6.92 Å². The third kappa shape index (κ3) is 0.722. The van der Waals surface area contributed by atoms with Gasteiger partial charge in [-0.15, -0.1) is 0 Å². The summed E-state index contributed by atoms with van der Waals surface area (Å²) in [7, 11) is 0. The third-order valence-electron chi connectivity index (χ3n) is 1.34. The Kier molecular flexibility index (Phi) is 1.32. The summed E-state index contributed by atoms with van der Waals surface area (Å²) < 4.78 is 10.3. The van der Waals surface area contributed by atoms with Crippen LogP contribution in [0.25, 0.3) is 10.3 Å². The van der Waals surface area contributed by atoms with Crippen LogP contribution in [0.1, 0.15) is 5.69 Å². The van der Waals surface area contributed by atoms with Crippen LogP contribution in [0.5, 0.6) is 0 Å². The van der Waals surface area contributed by atoms with Gasteiger partial charge in [-0.1, -0.05) is 0 Å². The van der Waals surface area contributed by atoms with Crippen LogP contribution in [-0.2, 0) is 0 Å². The first-order valence-corrected chi connectivity index (χ1v) is 4.34. The molecule has 2 aromatic rings. The number of fused-ring (bicyclic) bond motifs is 1. The molecule has 0 N–H and O–H groups in total. The maximum absolute atomic E-state index is 5.18. The van der Waals surface area contributed by atoms with E-state index in [0.29, 0.717) is 0 Å². The number of hydrogen-bond acceptors (Lipinski definition) is 3. The fourth-order valence-electron chi connectivity index (χ4n) is 0.864. The van der Waals surface area contributed by atoms with Crippen LogP contribution in [0.3, 0.4) is 0 Å². The van der Waals surface area contributed by atoms with Crippen molar-refractivity contribution in [1.82, 2.24) is 4.37 Å². The zero-order valence-corrected chi connectivity index (χ0v) is 7.62. The van der Waals surface area contributed by atoms with Gasteiger partial charge in [-0.25, -0.2) is 0 Å². The zero-order valence-electron chi connectivity index (χ0n) is 5.22. The Morgan fingerprint density at radius 1 is 1.70 bits per heavy atom. The Morgan fingerprint density at radius 2 is 2.50 bits per heavy atom. The molecule has 0 amide bonds. The Balaban J connectivity index is 2.98. The molecule has 0 aliphatic heterocycles. The maximum atomic E-state index is 5.18. The number of nitrogens with zero attached hydrogens (tertiary/aromatic N) is 1. The minimum absolute atomic E-state index is 0.893. The SMILES string of the molecule is Cc1nsc2occ(Br)c12. The molecule has 2 rings (SSSR count). The van der Waals surface area contributed by atoms with Crippen LogP contribution >= 0.6 is 27.5 Å². The van der Waals surface area contributed by atoms with E-state index in [1.807, 2.05) is 6.92 Å². The molecular formula is C6H4BrNOS. The first kappa shape index (κ1) is 6.37. The van der Waals surface area contributed by atoms with Crippen molar-refractivity contribution < 1.29 is 4.42 Å². The number of furan rings is 1. The molecule has 10 heavy (non-hydrogen) atoms. The van der Waals surface area contributed by atoms with Crippen molar-refractivity contribution in [2.75, 3.05) is 0 Å². The van der Waals surface area contributed by atoms with E-state index in [0.717, 1.165) is 20.4 Å². The summed E-state index contributed by atoms with van der Waals surface area (Å²) in [4.78, 5) is 0.893. The average molecular weight is 218 g/mol. The summed E-state index contributed by atoms with van der Waals surface area (Å²) in [6.07, 6.45) is 1.69. The van der Waals surface area contributed by atoms with E-state index in [2.05, 4.69) is 20.3 Å². The molecule has 0 aliphatic carbocycles. The molecule has 2 nitrogen and oxygen atoms in total. The molecule has 0 bridgehead atoms. The van der Waals surface area contributed by atoms with Crippen molar-refractivity contribution in [3.63, 3.8) is 0 Å². The van der Waals surface area contributed by atoms with Crippen LogP contribution in [-0.4, -0.2) is 4.37 Å². The normalized spacial score (nSPS) is 11.0. The van der Waals surface area contributed by atoms with E-state index in [1.165, 1.54) is 11.5 Å².